The second-order valence-corrected chi connectivity index (χ2v) is 9.25. The minimum absolute atomic E-state index is 0.0407. The van der Waals surface area contributed by atoms with Gasteiger partial charge in [0.25, 0.3) is 0 Å². The zero-order valence-electron chi connectivity index (χ0n) is 20.3. The topological polar surface area (TPSA) is 98.8 Å². The Morgan fingerprint density at radius 1 is 0.657 bits per heavy atom. The van der Waals surface area contributed by atoms with Crippen molar-refractivity contribution in [3.63, 3.8) is 0 Å². The fourth-order valence-electron chi connectivity index (χ4n) is 3.69. The number of carbonyl (C=O) groups is 2. The van der Waals surface area contributed by atoms with E-state index in [2.05, 4.69) is 0 Å². The van der Waals surface area contributed by atoms with Crippen LogP contribution in [0.5, 0.6) is 11.5 Å². The van der Waals surface area contributed by atoms with Crippen molar-refractivity contribution in [2.75, 3.05) is 40.6 Å². The predicted octanol–water partition coefficient (Wildman–Crippen LogP) is 3.58. The van der Waals surface area contributed by atoms with Gasteiger partial charge in [0, 0.05) is 11.1 Å². The average molecular weight is 487 g/mol. The standard InChI is InChI=1S/C26H30O9/c1-25(13-31-21(32-14-25)17-5-9-19(29-3)10-6-17)23(27)35-24(28)26(2)15-33-22(34-16-26)18-7-11-20(30-4)12-8-18/h5-12,21-22H,13-16H2,1-4H3. The second-order valence-electron chi connectivity index (χ2n) is 9.25. The smallest absolute Gasteiger partial charge is 0.324 e. The van der Waals surface area contributed by atoms with E-state index in [-0.39, 0.29) is 26.4 Å². The normalized spacial score (nSPS) is 28.7. The molecule has 0 radical (unpaired) electrons. The fraction of sp³-hybridized carbons (Fsp3) is 0.462. The highest BCUT2D eigenvalue weighted by Crippen LogP contribution is 2.36. The summed E-state index contributed by atoms with van der Waals surface area (Å²) in [5.74, 6) is 0.00955. The maximum Gasteiger partial charge on any atom is 0.324 e. The number of esters is 2. The quantitative estimate of drug-likeness (QED) is 0.448. The molecule has 9 nitrogen and oxygen atoms in total. The largest absolute Gasteiger partial charge is 0.497 e. The SMILES string of the molecule is COc1ccc(C2OCC(C)(C(=O)OC(=O)C3(C)COC(c4ccc(OC)cc4)OC3)CO2)cc1. The van der Waals surface area contributed by atoms with E-state index in [4.69, 9.17) is 33.2 Å². The third-order valence-corrected chi connectivity index (χ3v) is 6.16. The lowest BCUT2D eigenvalue weighted by molar-refractivity contribution is -0.245. The summed E-state index contributed by atoms with van der Waals surface area (Å²) in [5, 5.41) is 0. The lowest BCUT2D eigenvalue weighted by Crippen LogP contribution is -2.48. The molecule has 2 heterocycles. The highest BCUT2D eigenvalue weighted by atomic mass is 16.7. The second kappa shape index (κ2) is 10.3. The summed E-state index contributed by atoms with van der Waals surface area (Å²) in [4.78, 5) is 25.7. The van der Waals surface area contributed by atoms with Crippen molar-refractivity contribution in [1.29, 1.82) is 0 Å². The molecule has 0 aromatic heterocycles. The lowest BCUT2D eigenvalue weighted by Gasteiger charge is -2.37. The van der Waals surface area contributed by atoms with Crippen LogP contribution in [0.1, 0.15) is 37.6 Å². The Labute approximate surface area is 204 Å². The van der Waals surface area contributed by atoms with Crippen molar-refractivity contribution in [1.82, 2.24) is 0 Å². The third kappa shape index (κ3) is 5.48. The Morgan fingerprint density at radius 3 is 1.26 bits per heavy atom. The molecule has 0 amide bonds. The summed E-state index contributed by atoms with van der Waals surface area (Å²) in [6.45, 7) is 3.45. The molecule has 2 fully saturated rings. The van der Waals surface area contributed by atoms with E-state index in [0.717, 1.165) is 22.6 Å². The minimum atomic E-state index is -1.13. The Balaban J connectivity index is 1.30. The van der Waals surface area contributed by atoms with Gasteiger partial charge in [-0.1, -0.05) is 24.3 Å². The van der Waals surface area contributed by atoms with Crippen molar-refractivity contribution in [2.24, 2.45) is 10.8 Å². The highest BCUT2D eigenvalue weighted by molar-refractivity contribution is 5.91. The van der Waals surface area contributed by atoms with Crippen molar-refractivity contribution in [3.8, 4) is 11.5 Å². The van der Waals surface area contributed by atoms with Gasteiger partial charge in [-0.15, -0.1) is 0 Å². The van der Waals surface area contributed by atoms with Crippen molar-refractivity contribution >= 4 is 11.9 Å². The van der Waals surface area contributed by atoms with Crippen molar-refractivity contribution in [3.05, 3.63) is 59.7 Å². The molecule has 0 aliphatic carbocycles. The van der Waals surface area contributed by atoms with Gasteiger partial charge in [-0.25, -0.2) is 0 Å². The van der Waals surface area contributed by atoms with Crippen LogP contribution in [0.15, 0.2) is 48.5 Å². The first kappa shape index (κ1) is 25.1. The number of methoxy groups -OCH3 is 2. The van der Waals surface area contributed by atoms with Gasteiger partial charge in [-0.3, -0.25) is 9.59 Å². The van der Waals surface area contributed by atoms with E-state index < -0.39 is 35.3 Å². The number of hydrogen-bond donors (Lipinski definition) is 0. The first-order valence-corrected chi connectivity index (χ1v) is 11.3. The Morgan fingerprint density at radius 2 is 0.971 bits per heavy atom. The molecule has 2 aromatic carbocycles. The van der Waals surface area contributed by atoms with E-state index in [0.29, 0.717) is 0 Å². The van der Waals surface area contributed by atoms with Crippen LogP contribution in [-0.2, 0) is 33.3 Å². The molecular weight excluding hydrogens is 456 g/mol. The van der Waals surface area contributed by atoms with Gasteiger partial charge >= 0.3 is 11.9 Å². The maximum atomic E-state index is 12.9. The molecule has 0 bridgehead atoms. The number of rotatable bonds is 6. The first-order chi connectivity index (χ1) is 16.8. The maximum absolute atomic E-state index is 12.9. The monoisotopic (exact) mass is 486 g/mol. The van der Waals surface area contributed by atoms with Gasteiger partial charge in [-0.2, -0.15) is 0 Å². The number of ether oxygens (including phenoxy) is 7. The zero-order chi connectivity index (χ0) is 25.1. The molecule has 2 aliphatic heterocycles. The van der Waals surface area contributed by atoms with E-state index in [1.165, 1.54) is 0 Å². The fourth-order valence-corrected chi connectivity index (χ4v) is 3.69. The van der Waals surface area contributed by atoms with Gasteiger partial charge in [-0.05, 0) is 38.1 Å². The van der Waals surface area contributed by atoms with Crippen LogP contribution in [0.4, 0.5) is 0 Å². The third-order valence-electron chi connectivity index (χ3n) is 6.16. The highest BCUT2D eigenvalue weighted by Gasteiger charge is 2.47. The zero-order valence-corrected chi connectivity index (χ0v) is 20.3. The molecule has 0 spiro atoms. The molecular formula is C26H30O9. The molecule has 0 N–H and O–H groups in total. The minimum Gasteiger partial charge on any atom is -0.497 e. The van der Waals surface area contributed by atoms with E-state index in [9.17, 15) is 9.59 Å². The van der Waals surface area contributed by atoms with Gasteiger partial charge in [0.05, 0.1) is 40.6 Å². The van der Waals surface area contributed by atoms with Crippen molar-refractivity contribution < 1.29 is 42.7 Å². The number of benzene rings is 2. The Hall–Kier alpha value is -2.98. The molecule has 2 aromatic rings. The van der Waals surface area contributed by atoms with Gasteiger partial charge in [0.1, 0.15) is 22.3 Å². The molecule has 35 heavy (non-hydrogen) atoms. The first-order valence-electron chi connectivity index (χ1n) is 11.3. The Kier molecular flexibility index (Phi) is 7.42. The van der Waals surface area contributed by atoms with Gasteiger partial charge in [0.15, 0.2) is 12.6 Å². The summed E-state index contributed by atoms with van der Waals surface area (Å²) >= 11 is 0. The van der Waals surface area contributed by atoms with E-state index in [1.807, 2.05) is 24.3 Å². The van der Waals surface area contributed by atoms with Crippen LogP contribution in [0.2, 0.25) is 0 Å². The summed E-state index contributed by atoms with van der Waals surface area (Å²) in [5.41, 5.74) is -0.658. The Bertz CT molecular complexity index is 932. The van der Waals surface area contributed by atoms with Crippen LogP contribution < -0.4 is 9.47 Å². The molecule has 2 saturated heterocycles. The van der Waals surface area contributed by atoms with Crippen LogP contribution in [-0.4, -0.2) is 52.6 Å². The number of hydrogen-bond acceptors (Lipinski definition) is 9. The molecule has 188 valence electrons. The van der Waals surface area contributed by atoms with Gasteiger partial charge < -0.3 is 33.2 Å². The lowest BCUT2D eigenvalue weighted by atomic mass is 9.90. The van der Waals surface area contributed by atoms with Crippen LogP contribution in [0.3, 0.4) is 0 Å². The molecule has 0 saturated carbocycles. The average Bonchev–Trinajstić information content (AvgIpc) is 2.89. The molecule has 0 atom stereocenters. The summed E-state index contributed by atoms with van der Waals surface area (Å²) in [6, 6.07) is 14.5. The summed E-state index contributed by atoms with van der Waals surface area (Å²) < 4.78 is 38.6. The molecule has 4 rings (SSSR count). The molecule has 9 heteroatoms. The van der Waals surface area contributed by atoms with E-state index >= 15 is 0 Å². The van der Waals surface area contributed by atoms with Gasteiger partial charge in [0.2, 0.25) is 0 Å². The molecule has 2 aliphatic rings. The van der Waals surface area contributed by atoms with Crippen LogP contribution >= 0.6 is 0 Å². The summed E-state index contributed by atoms with van der Waals surface area (Å²) in [6.07, 6.45) is -1.24. The van der Waals surface area contributed by atoms with Crippen molar-refractivity contribution in [2.45, 2.75) is 26.4 Å². The summed E-state index contributed by atoms with van der Waals surface area (Å²) in [7, 11) is 3.18. The predicted molar refractivity (Wildman–Crippen MR) is 123 cm³/mol. The van der Waals surface area contributed by atoms with E-state index in [1.54, 1.807) is 52.3 Å². The van der Waals surface area contributed by atoms with Crippen LogP contribution in [0.25, 0.3) is 0 Å². The van der Waals surface area contributed by atoms with Crippen LogP contribution in [0, 0.1) is 10.8 Å². The molecule has 0 unspecified atom stereocenters. The number of carbonyl (C=O) groups excluding carboxylic acids is 2.